The average molecular weight is 351 g/mol. The topological polar surface area (TPSA) is 59.4 Å². The molecule has 136 valence electrons. The van der Waals surface area contributed by atoms with Crippen LogP contribution in [-0.4, -0.2) is 22.7 Å². The summed E-state index contributed by atoms with van der Waals surface area (Å²) in [4.78, 5) is 15.6. The second kappa shape index (κ2) is 5.40. The normalized spacial score (nSPS) is 21.7. The summed E-state index contributed by atoms with van der Waals surface area (Å²) >= 11 is 0. The largest absolute Gasteiger partial charge is 0.478 e. The van der Waals surface area contributed by atoms with E-state index in [9.17, 15) is 4.79 Å². The maximum absolute atomic E-state index is 11.1. The van der Waals surface area contributed by atoms with E-state index in [0.29, 0.717) is 6.61 Å². The van der Waals surface area contributed by atoms with Gasteiger partial charge in [0.25, 0.3) is 0 Å². The van der Waals surface area contributed by atoms with Gasteiger partial charge in [0, 0.05) is 17.0 Å². The van der Waals surface area contributed by atoms with Crippen LogP contribution in [0.4, 0.5) is 0 Å². The van der Waals surface area contributed by atoms with Gasteiger partial charge < -0.3 is 9.84 Å². The van der Waals surface area contributed by atoms with E-state index in [-0.39, 0.29) is 22.0 Å². The number of benzene rings is 1. The highest BCUT2D eigenvalue weighted by molar-refractivity contribution is 5.87. The molecule has 4 nitrogen and oxygen atoms in total. The van der Waals surface area contributed by atoms with E-state index in [1.807, 2.05) is 6.07 Å². The van der Waals surface area contributed by atoms with Crippen molar-refractivity contribution in [3.63, 3.8) is 0 Å². The summed E-state index contributed by atoms with van der Waals surface area (Å²) in [7, 11) is 0. The van der Waals surface area contributed by atoms with Crippen LogP contribution in [0, 0.1) is 0 Å². The molecule has 2 heterocycles. The van der Waals surface area contributed by atoms with E-state index in [4.69, 9.17) is 9.84 Å². The highest BCUT2D eigenvalue weighted by Crippen LogP contribution is 2.54. The Kier molecular flexibility index (Phi) is 3.58. The molecule has 1 fully saturated rings. The Morgan fingerprint density at radius 2 is 1.81 bits per heavy atom. The molecule has 0 spiro atoms. The minimum absolute atomic E-state index is 0.0302. The van der Waals surface area contributed by atoms with Crippen molar-refractivity contribution in [2.75, 3.05) is 6.61 Å². The zero-order valence-corrected chi connectivity index (χ0v) is 15.8. The molecule has 0 bridgehead atoms. The van der Waals surface area contributed by atoms with E-state index < -0.39 is 5.97 Å². The minimum atomic E-state index is -0.938. The molecule has 4 rings (SSSR count). The lowest BCUT2D eigenvalue weighted by Gasteiger charge is -2.42. The van der Waals surface area contributed by atoms with Crippen molar-refractivity contribution in [2.24, 2.45) is 0 Å². The first-order valence-corrected chi connectivity index (χ1v) is 9.15. The smallest absolute Gasteiger partial charge is 0.337 e. The maximum atomic E-state index is 11.1. The number of aromatic nitrogens is 1. The van der Waals surface area contributed by atoms with Crippen LogP contribution in [0.1, 0.15) is 73.3 Å². The molecule has 2 aliphatic rings. The number of aromatic carboxylic acids is 1. The fourth-order valence-electron chi connectivity index (χ4n) is 4.06. The molecule has 1 aromatic carbocycles. The number of rotatable bonds is 3. The third-order valence-corrected chi connectivity index (χ3v) is 5.99. The molecule has 1 saturated carbocycles. The van der Waals surface area contributed by atoms with Crippen molar-refractivity contribution >= 4 is 5.97 Å². The molecule has 26 heavy (non-hydrogen) atoms. The number of hydrogen-bond donors (Lipinski definition) is 1. The quantitative estimate of drug-likeness (QED) is 0.890. The summed E-state index contributed by atoms with van der Waals surface area (Å²) in [6.45, 7) is 9.41. The molecule has 0 unspecified atom stereocenters. The van der Waals surface area contributed by atoms with Gasteiger partial charge in [-0.2, -0.15) is 0 Å². The number of pyridine rings is 1. The third kappa shape index (κ3) is 2.55. The monoisotopic (exact) mass is 351 g/mol. The third-order valence-electron chi connectivity index (χ3n) is 5.99. The van der Waals surface area contributed by atoms with Gasteiger partial charge in [-0.05, 0) is 55.5 Å². The number of ether oxygens (including phenoxy) is 1. The van der Waals surface area contributed by atoms with Crippen LogP contribution in [0.5, 0.6) is 0 Å². The highest BCUT2D eigenvalue weighted by Gasteiger charge is 2.48. The molecular formula is C22H25NO3. The maximum Gasteiger partial charge on any atom is 0.337 e. The van der Waals surface area contributed by atoms with Crippen LogP contribution in [0.2, 0.25) is 0 Å². The number of hydrogen-bond acceptors (Lipinski definition) is 3. The van der Waals surface area contributed by atoms with Gasteiger partial charge in [-0.15, -0.1) is 0 Å². The summed E-state index contributed by atoms with van der Waals surface area (Å²) in [6.07, 6.45) is 3.56. The van der Waals surface area contributed by atoms with Crippen LogP contribution in [0.25, 0.3) is 0 Å². The van der Waals surface area contributed by atoms with Crippen LogP contribution < -0.4 is 0 Å². The number of fused-ring (bicyclic) bond motifs is 1. The lowest BCUT2D eigenvalue weighted by Crippen LogP contribution is -2.40. The molecule has 1 aliphatic heterocycles. The number of carbonyl (C=O) groups is 1. The summed E-state index contributed by atoms with van der Waals surface area (Å²) in [5.74, 6) is -0.938. The second-order valence-corrected chi connectivity index (χ2v) is 8.76. The van der Waals surface area contributed by atoms with Crippen molar-refractivity contribution in [1.29, 1.82) is 0 Å². The second-order valence-electron chi connectivity index (χ2n) is 8.76. The van der Waals surface area contributed by atoms with Gasteiger partial charge >= 0.3 is 5.97 Å². The first kappa shape index (κ1) is 17.2. The highest BCUT2D eigenvalue weighted by atomic mass is 16.5. The van der Waals surface area contributed by atoms with Crippen molar-refractivity contribution < 1.29 is 14.6 Å². The summed E-state index contributed by atoms with van der Waals surface area (Å²) in [6, 6.07) is 10.3. The van der Waals surface area contributed by atoms with E-state index >= 15 is 0 Å². The summed E-state index contributed by atoms with van der Waals surface area (Å²) < 4.78 is 6.10. The zero-order chi connectivity index (χ0) is 18.7. The van der Waals surface area contributed by atoms with Crippen molar-refractivity contribution in [1.82, 2.24) is 4.98 Å². The first-order chi connectivity index (χ1) is 12.2. The van der Waals surface area contributed by atoms with Gasteiger partial charge in [0.15, 0.2) is 0 Å². The Labute approximate surface area is 154 Å². The first-order valence-electron chi connectivity index (χ1n) is 9.15. The standard InChI is InChI=1S/C22H25NO3/c1-20(2)13-26-21(3,4)16-7-6-15(11-17(16)20)22(9-10-22)18-8-5-14(12-23-18)19(24)25/h5-8,11-12H,9-10,13H2,1-4H3,(H,24,25). The lowest BCUT2D eigenvalue weighted by molar-refractivity contribution is -0.0587. The van der Waals surface area contributed by atoms with Crippen LogP contribution in [0.15, 0.2) is 36.5 Å². The predicted octanol–water partition coefficient (Wildman–Crippen LogP) is 4.40. The van der Waals surface area contributed by atoms with E-state index in [0.717, 1.165) is 18.5 Å². The lowest BCUT2D eigenvalue weighted by atomic mass is 9.73. The Hall–Kier alpha value is -2.20. The van der Waals surface area contributed by atoms with Gasteiger partial charge in [0.2, 0.25) is 0 Å². The molecule has 1 aromatic heterocycles. The van der Waals surface area contributed by atoms with Crippen LogP contribution in [0.3, 0.4) is 0 Å². The Balaban J connectivity index is 1.78. The summed E-state index contributed by atoms with van der Waals surface area (Å²) in [5, 5.41) is 9.10. The van der Waals surface area contributed by atoms with Crippen LogP contribution in [-0.2, 0) is 21.2 Å². The SMILES string of the molecule is CC1(C)COC(C)(C)c2ccc(C3(c4ccc(C(=O)O)cn4)CC3)cc21. The van der Waals surface area contributed by atoms with Gasteiger partial charge in [-0.1, -0.05) is 32.0 Å². The number of nitrogens with zero attached hydrogens (tertiary/aromatic N) is 1. The van der Waals surface area contributed by atoms with Gasteiger partial charge in [0.1, 0.15) is 0 Å². The summed E-state index contributed by atoms with van der Waals surface area (Å²) in [5.41, 5.74) is 4.69. The van der Waals surface area contributed by atoms with Crippen molar-refractivity contribution in [3.05, 3.63) is 64.5 Å². The molecule has 1 aliphatic carbocycles. The Bertz CT molecular complexity index is 877. The number of carboxylic acid groups (broad SMARTS) is 1. The van der Waals surface area contributed by atoms with Crippen molar-refractivity contribution in [3.8, 4) is 0 Å². The molecule has 0 amide bonds. The fraction of sp³-hybridized carbons (Fsp3) is 0.455. The Morgan fingerprint density at radius 1 is 1.08 bits per heavy atom. The van der Waals surface area contributed by atoms with E-state index in [1.54, 1.807) is 6.07 Å². The van der Waals surface area contributed by atoms with E-state index in [2.05, 4.69) is 50.9 Å². The molecular weight excluding hydrogens is 326 g/mol. The molecule has 4 heteroatoms. The van der Waals surface area contributed by atoms with Crippen LogP contribution >= 0.6 is 0 Å². The minimum Gasteiger partial charge on any atom is -0.478 e. The average Bonchev–Trinajstić information content (AvgIpc) is 3.41. The Morgan fingerprint density at radius 3 is 2.38 bits per heavy atom. The molecule has 2 aromatic rings. The zero-order valence-electron chi connectivity index (χ0n) is 15.8. The van der Waals surface area contributed by atoms with Gasteiger partial charge in [-0.3, -0.25) is 4.98 Å². The molecule has 0 radical (unpaired) electrons. The van der Waals surface area contributed by atoms with E-state index in [1.165, 1.54) is 22.9 Å². The number of carboxylic acids is 1. The molecule has 1 N–H and O–H groups in total. The predicted molar refractivity (Wildman–Crippen MR) is 99.7 cm³/mol. The van der Waals surface area contributed by atoms with Gasteiger partial charge in [0.05, 0.1) is 23.5 Å². The van der Waals surface area contributed by atoms with Crippen molar-refractivity contribution in [2.45, 2.75) is 57.0 Å². The molecule has 0 saturated heterocycles. The fourth-order valence-corrected chi connectivity index (χ4v) is 4.06. The van der Waals surface area contributed by atoms with Gasteiger partial charge in [-0.25, -0.2) is 4.79 Å². The molecule has 0 atom stereocenters.